The Morgan fingerprint density at radius 1 is 1.42 bits per heavy atom. The summed E-state index contributed by atoms with van der Waals surface area (Å²) in [5.74, 6) is 0. The fourth-order valence-electron chi connectivity index (χ4n) is 2.70. The molecule has 2 rings (SSSR count). The van der Waals surface area contributed by atoms with E-state index in [1.165, 1.54) is 11.1 Å². The summed E-state index contributed by atoms with van der Waals surface area (Å²) < 4.78 is 1.16. The van der Waals surface area contributed by atoms with Crippen molar-refractivity contribution in [3.63, 3.8) is 0 Å². The molecule has 1 aromatic carbocycles. The zero-order chi connectivity index (χ0) is 13.3. The standard InChI is InChI=1S/C15H23BrN2.ClH/c1-11-8-13(16)5-4-12(11)9-18-7-6-14(17)15(2,3)10-18;/h4-5,8,14H,6-7,9-10,17H2,1-3H3;1H. The summed E-state index contributed by atoms with van der Waals surface area (Å²) in [4.78, 5) is 2.53. The molecule has 1 unspecified atom stereocenters. The first-order chi connectivity index (χ1) is 8.38. The van der Waals surface area contributed by atoms with Crippen LogP contribution in [0.5, 0.6) is 0 Å². The molecule has 19 heavy (non-hydrogen) atoms. The van der Waals surface area contributed by atoms with Crippen LogP contribution < -0.4 is 5.73 Å². The van der Waals surface area contributed by atoms with Gasteiger partial charge in [0.2, 0.25) is 0 Å². The number of rotatable bonds is 2. The summed E-state index contributed by atoms with van der Waals surface area (Å²) in [5, 5.41) is 0. The monoisotopic (exact) mass is 346 g/mol. The molecular weight excluding hydrogens is 324 g/mol. The normalized spacial score (nSPS) is 22.9. The third-order valence-electron chi connectivity index (χ3n) is 4.09. The minimum Gasteiger partial charge on any atom is -0.327 e. The van der Waals surface area contributed by atoms with E-state index in [1.54, 1.807) is 0 Å². The van der Waals surface area contributed by atoms with Crippen LogP contribution in [0.1, 0.15) is 31.4 Å². The van der Waals surface area contributed by atoms with Gasteiger partial charge < -0.3 is 5.73 Å². The Kier molecular flexibility index (Phi) is 5.87. The van der Waals surface area contributed by atoms with E-state index < -0.39 is 0 Å². The molecule has 4 heteroatoms. The maximum atomic E-state index is 6.19. The molecule has 1 aliphatic rings. The predicted molar refractivity (Wildman–Crippen MR) is 87.8 cm³/mol. The molecule has 0 radical (unpaired) electrons. The lowest BCUT2D eigenvalue weighted by Gasteiger charge is -2.42. The van der Waals surface area contributed by atoms with Gasteiger partial charge in [0.25, 0.3) is 0 Å². The van der Waals surface area contributed by atoms with Gasteiger partial charge in [-0.3, -0.25) is 4.90 Å². The zero-order valence-corrected chi connectivity index (χ0v) is 14.4. The average molecular weight is 348 g/mol. The van der Waals surface area contributed by atoms with E-state index in [2.05, 4.69) is 59.8 Å². The summed E-state index contributed by atoms with van der Waals surface area (Å²) >= 11 is 3.52. The molecule has 2 nitrogen and oxygen atoms in total. The largest absolute Gasteiger partial charge is 0.327 e. The van der Waals surface area contributed by atoms with E-state index >= 15 is 0 Å². The maximum absolute atomic E-state index is 6.19. The number of benzene rings is 1. The molecule has 0 amide bonds. The Morgan fingerprint density at radius 3 is 2.68 bits per heavy atom. The fourth-order valence-corrected chi connectivity index (χ4v) is 3.17. The summed E-state index contributed by atoms with van der Waals surface area (Å²) in [6, 6.07) is 6.88. The van der Waals surface area contributed by atoms with Crippen molar-refractivity contribution < 1.29 is 0 Å². The van der Waals surface area contributed by atoms with Crippen molar-refractivity contribution in [2.75, 3.05) is 13.1 Å². The van der Waals surface area contributed by atoms with Gasteiger partial charge in [-0.2, -0.15) is 0 Å². The van der Waals surface area contributed by atoms with Gasteiger partial charge in [0.1, 0.15) is 0 Å². The van der Waals surface area contributed by atoms with Crippen molar-refractivity contribution in [2.45, 2.75) is 39.8 Å². The number of nitrogens with zero attached hydrogens (tertiary/aromatic N) is 1. The molecule has 1 saturated heterocycles. The van der Waals surface area contributed by atoms with E-state index in [1.807, 2.05) is 0 Å². The molecule has 0 bridgehead atoms. The van der Waals surface area contributed by atoms with Crippen molar-refractivity contribution in [1.82, 2.24) is 4.90 Å². The van der Waals surface area contributed by atoms with E-state index in [-0.39, 0.29) is 17.8 Å². The SMILES string of the molecule is Cc1cc(Br)ccc1CN1CCC(N)C(C)(C)C1.Cl. The second kappa shape index (κ2) is 6.57. The van der Waals surface area contributed by atoms with Gasteiger partial charge in [-0.25, -0.2) is 0 Å². The number of halogens is 2. The van der Waals surface area contributed by atoms with Crippen molar-refractivity contribution in [2.24, 2.45) is 11.1 Å². The molecule has 108 valence electrons. The molecule has 0 aliphatic carbocycles. The summed E-state index contributed by atoms with van der Waals surface area (Å²) in [5.41, 5.74) is 9.19. The predicted octanol–water partition coefficient (Wildman–Crippen LogP) is 3.74. The van der Waals surface area contributed by atoms with Crippen LogP contribution in [0, 0.1) is 12.3 Å². The van der Waals surface area contributed by atoms with Crippen LogP contribution in [-0.4, -0.2) is 24.0 Å². The lowest BCUT2D eigenvalue weighted by atomic mass is 9.79. The number of piperidine rings is 1. The van der Waals surface area contributed by atoms with Gasteiger partial charge >= 0.3 is 0 Å². The van der Waals surface area contributed by atoms with Gasteiger partial charge in [0.05, 0.1) is 0 Å². The van der Waals surface area contributed by atoms with Gasteiger partial charge in [0, 0.05) is 30.1 Å². The Bertz CT molecular complexity index is 434. The van der Waals surface area contributed by atoms with Gasteiger partial charge in [0.15, 0.2) is 0 Å². The first kappa shape index (κ1) is 17.0. The fraction of sp³-hybridized carbons (Fsp3) is 0.600. The minimum atomic E-state index is 0. The zero-order valence-electron chi connectivity index (χ0n) is 11.9. The highest BCUT2D eigenvalue weighted by atomic mass is 79.9. The van der Waals surface area contributed by atoms with E-state index in [4.69, 9.17) is 5.73 Å². The Labute approximate surface area is 131 Å². The second-order valence-electron chi connectivity index (χ2n) is 6.17. The second-order valence-corrected chi connectivity index (χ2v) is 7.08. The molecule has 1 atom stereocenters. The Hall–Kier alpha value is -0.0900. The maximum Gasteiger partial charge on any atom is 0.0236 e. The van der Waals surface area contributed by atoms with Crippen LogP contribution in [0.2, 0.25) is 0 Å². The van der Waals surface area contributed by atoms with Gasteiger partial charge in [-0.15, -0.1) is 12.4 Å². The average Bonchev–Trinajstić information content (AvgIpc) is 2.27. The topological polar surface area (TPSA) is 29.3 Å². The lowest BCUT2D eigenvalue weighted by molar-refractivity contribution is 0.0897. The van der Waals surface area contributed by atoms with Gasteiger partial charge in [-0.1, -0.05) is 35.8 Å². The quantitative estimate of drug-likeness (QED) is 0.883. The van der Waals surface area contributed by atoms with Gasteiger partial charge in [-0.05, 0) is 42.0 Å². The highest BCUT2D eigenvalue weighted by molar-refractivity contribution is 9.10. The number of hydrogen-bond donors (Lipinski definition) is 1. The van der Waals surface area contributed by atoms with Crippen LogP contribution in [0.4, 0.5) is 0 Å². The number of nitrogens with two attached hydrogens (primary N) is 1. The first-order valence-electron chi connectivity index (χ1n) is 6.61. The Morgan fingerprint density at radius 2 is 2.11 bits per heavy atom. The number of aryl methyl sites for hydroxylation is 1. The molecule has 2 N–H and O–H groups in total. The Balaban J connectivity index is 0.00000180. The van der Waals surface area contributed by atoms with E-state index in [0.29, 0.717) is 6.04 Å². The number of hydrogen-bond acceptors (Lipinski definition) is 2. The summed E-state index contributed by atoms with van der Waals surface area (Å²) in [6.07, 6.45) is 1.10. The summed E-state index contributed by atoms with van der Waals surface area (Å²) in [6.45, 7) is 9.97. The van der Waals surface area contributed by atoms with Crippen molar-refractivity contribution >= 4 is 28.3 Å². The summed E-state index contributed by atoms with van der Waals surface area (Å²) in [7, 11) is 0. The molecular formula is C15H24BrClN2. The third kappa shape index (κ3) is 4.19. The lowest BCUT2D eigenvalue weighted by Crippen LogP contribution is -2.52. The molecule has 1 heterocycles. The molecule has 0 saturated carbocycles. The smallest absolute Gasteiger partial charge is 0.0236 e. The molecule has 1 fully saturated rings. The van der Waals surface area contributed by atoms with Crippen LogP contribution in [0.3, 0.4) is 0 Å². The molecule has 0 spiro atoms. The van der Waals surface area contributed by atoms with E-state index in [0.717, 1.165) is 30.5 Å². The first-order valence-corrected chi connectivity index (χ1v) is 7.41. The highest BCUT2D eigenvalue weighted by Crippen LogP contribution is 2.29. The van der Waals surface area contributed by atoms with Crippen molar-refractivity contribution in [3.05, 3.63) is 33.8 Å². The number of likely N-dealkylation sites (tertiary alicyclic amines) is 1. The van der Waals surface area contributed by atoms with Crippen LogP contribution >= 0.6 is 28.3 Å². The molecule has 1 aliphatic heterocycles. The van der Waals surface area contributed by atoms with Crippen LogP contribution in [0.15, 0.2) is 22.7 Å². The van der Waals surface area contributed by atoms with E-state index in [9.17, 15) is 0 Å². The third-order valence-corrected chi connectivity index (χ3v) is 4.58. The van der Waals surface area contributed by atoms with Crippen LogP contribution in [-0.2, 0) is 6.54 Å². The molecule has 1 aromatic rings. The van der Waals surface area contributed by atoms with Crippen molar-refractivity contribution in [1.29, 1.82) is 0 Å². The van der Waals surface area contributed by atoms with Crippen LogP contribution in [0.25, 0.3) is 0 Å². The van der Waals surface area contributed by atoms with Crippen molar-refractivity contribution in [3.8, 4) is 0 Å². The molecule has 0 aromatic heterocycles. The highest BCUT2D eigenvalue weighted by Gasteiger charge is 2.33. The minimum absolute atomic E-state index is 0.